The molecule has 1 aromatic heterocycles. The fourth-order valence-electron chi connectivity index (χ4n) is 2.00. The quantitative estimate of drug-likeness (QED) is 0.796. The van der Waals surface area contributed by atoms with Gasteiger partial charge in [-0.1, -0.05) is 17.7 Å². The SMILES string of the molecule is CC(C)(Oc1ccc(Cl)cc1)C(=O)NCC[C@H](O)c1cccs1. The topological polar surface area (TPSA) is 58.6 Å². The molecule has 0 unspecified atom stereocenters. The number of ether oxygens (including phenoxy) is 1. The fraction of sp³-hybridized carbons (Fsp3) is 0.353. The van der Waals surface area contributed by atoms with Crippen LogP contribution in [0.15, 0.2) is 41.8 Å². The van der Waals surface area contributed by atoms with Gasteiger partial charge < -0.3 is 15.2 Å². The Morgan fingerprint density at radius 3 is 2.65 bits per heavy atom. The van der Waals surface area contributed by atoms with Gasteiger partial charge in [0.1, 0.15) is 5.75 Å². The molecule has 124 valence electrons. The van der Waals surface area contributed by atoms with Crippen molar-refractivity contribution in [1.82, 2.24) is 5.32 Å². The Morgan fingerprint density at radius 2 is 2.04 bits per heavy atom. The second kappa shape index (κ2) is 7.81. The zero-order valence-corrected chi connectivity index (χ0v) is 14.7. The van der Waals surface area contributed by atoms with Gasteiger partial charge in [0.15, 0.2) is 5.60 Å². The number of benzene rings is 1. The zero-order chi connectivity index (χ0) is 16.9. The third-order valence-corrected chi connectivity index (χ3v) is 4.53. The van der Waals surface area contributed by atoms with Crippen LogP contribution in [-0.4, -0.2) is 23.2 Å². The molecule has 0 aliphatic rings. The lowest BCUT2D eigenvalue weighted by atomic mass is 10.1. The number of hydrogen-bond acceptors (Lipinski definition) is 4. The van der Waals surface area contributed by atoms with Crippen molar-refractivity contribution < 1.29 is 14.6 Å². The van der Waals surface area contributed by atoms with Gasteiger partial charge in [-0.3, -0.25) is 4.79 Å². The summed E-state index contributed by atoms with van der Waals surface area (Å²) in [7, 11) is 0. The first kappa shape index (κ1) is 17.8. The number of amides is 1. The van der Waals surface area contributed by atoms with Gasteiger partial charge in [0.2, 0.25) is 0 Å². The minimum absolute atomic E-state index is 0.231. The van der Waals surface area contributed by atoms with Crippen LogP contribution in [0.4, 0.5) is 0 Å². The highest BCUT2D eigenvalue weighted by Crippen LogP contribution is 2.22. The van der Waals surface area contributed by atoms with Crippen molar-refractivity contribution in [2.45, 2.75) is 32.0 Å². The Labute approximate surface area is 145 Å². The van der Waals surface area contributed by atoms with Crippen LogP contribution in [0.1, 0.15) is 31.2 Å². The zero-order valence-electron chi connectivity index (χ0n) is 13.1. The van der Waals surface area contributed by atoms with Crippen molar-refractivity contribution in [3.8, 4) is 5.75 Å². The largest absolute Gasteiger partial charge is 0.478 e. The van der Waals surface area contributed by atoms with Crippen molar-refractivity contribution in [2.24, 2.45) is 0 Å². The van der Waals surface area contributed by atoms with Crippen LogP contribution in [0, 0.1) is 0 Å². The molecule has 2 rings (SSSR count). The molecule has 0 fully saturated rings. The van der Waals surface area contributed by atoms with Crippen molar-refractivity contribution in [3.63, 3.8) is 0 Å². The molecule has 0 aliphatic carbocycles. The molecule has 0 saturated heterocycles. The van der Waals surface area contributed by atoms with Crippen molar-refractivity contribution in [1.29, 1.82) is 0 Å². The summed E-state index contributed by atoms with van der Waals surface area (Å²) < 4.78 is 5.72. The minimum Gasteiger partial charge on any atom is -0.478 e. The van der Waals surface area contributed by atoms with Crippen LogP contribution >= 0.6 is 22.9 Å². The summed E-state index contributed by atoms with van der Waals surface area (Å²) in [6.45, 7) is 3.78. The van der Waals surface area contributed by atoms with E-state index in [-0.39, 0.29) is 5.91 Å². The van der Waals surface area contributed by atoms with E-state index in [9.17, 15) is 9.90 Å². The van der Waals surface area contributed by atoms with Gasteiger partial charge >= 0.3 is 0 Å². The van der Waals surface area contributed by atoms with Gasteiger partial charge in [-0.2, -0.15) is 0 Å². The maximum absolute atomic E-state index is 12.3. The average Bonchev–Trinajstić information content (AvgIpc) is 3.03. The molecule has 0 bridgehead atoms. The van der Waals surface area contributed by atoms with E-state index in [1.54, 1.807) is 38.1 Å². The highest BCUT2D eigenvalue weighted by atomic mass is 35.5. The number of carbonyl (C=O) groups excluding carboxylic acids is 1. The summed E-state index contributed by atoms with van der Waals surface area (Å²) in [5.74, 6) is 0.346. The molecule has 0 saturated carbocycles. The number of hydrogen-bond donors (Lipinski definition) is 2. The maximum Gasteiger partial charge on any atom is 0.263 e. The summed E-state index contributed by atoms with van der Waals surface area (Å²) in [4.78, 5) is 13.2. The number of aliphatic hydroxyl groups is 1. The van der Waals surface area contributed by atoms with Gasteiger partial charge in [0.05, 0.1) is 6.10 Å². The van der Waals surface area contributed by atoms with Gasteiger partial charge in [0.25, 0.3) is 5.91 Å². The molecule has 6 heteroatoms. The summed E-state index contributed by atoms with van der Waals surface area (Å²) in [6.07, 6.45) is -0.0980. The number of aliphatic hydroxyl groups excluding tert-OH is 1. The molecule has 1 atom stereocenters. The van der Waals surface area contributed by atoms with Crippen LogP contribution < -0.4 is 10.1 Å². The molecular weight excluding hydrogens is 334 g/mol. The predicted molar refractivity (Wildman–Crippen MR) is 93.1 cm³/mol. The van der Waals surface area contributed by atoms with Gasteiger partial charge in [-0.15, -0.1) is 11.3 Å². The molecule has 2 N–H and O–H groups in total. The van der Waals surface area contributed by atoms with Crippen molar-refractivity contribution >= 4 is 28.8 Å². The highest BCUT2D eigenvalue weighted by Gasteiger charge is 2.29. The first-order chi connectivity index (χ1) is 10.9. The van der Waals surface area contributed by atoms with Crippen LogP contribution in [0.2, 0.25) is 5.02 Å². The van der Waals surface area contributed by atoms with Crippen molar-refractivity contribution in [2.75, 3.05) is 6.54 Å². The first-order valence-corrected chi connectivity index (χ1v) is 8.58. The lowest BCUT2D eigenvalue weighted by Gasteiger charge is -2.25. The molecule has 0 radical (unpaired) electrons. The standard InChI is InChI=1S/C17H20ClNO3S/c1-17(2,22-13-7-5-12(18)6-8-13)16(21)19-10-9-14(20)15-4-3-11-23-15/h3-8,11,14,20H,9-10H2,1-2H3,(H,19,21)/t14-/m0/s1. The summed E-state index contributed by atoms with van der Waals surface area (Å²) in [5, 5.41) is 15.3. The molecule has 2 aromatic rings. The van der Waals surface area contributed by atoms with E-state index >= 15 is 0 Å². The average molecular weight is 354 g/mol. The monoisotopic (exact) mass is 353 g/mol. The summed E-state index contributed by atoms with van der Waals surface area (Å²) >= 11 is 7.33. The number of carbonyl (C=O) groups is 1. The van der Waals surface area contributed by atoms with E-state index < -0.39 is 11.7 Å². The van der Waals surface area contributed by atoms with E-state index in [0.717, 1.165) is 4.88 Å². The maximum atomic E-state index is 12.3. The predicted octanol–water partition coefficient (Wildman–Crippen LogP) is 3.80. The van der Waals surface area contributed by atoms with Crippen LogP contribution in [-0.2, 0) is 4.79 Å². The van der Waals surface area contributed by atoms with E-state index in [1.165, 1.54) is 11.3 Å². The second-order valence-corrected chi connectivity index (χ2v) is 7.06. The van der Waals surface area contributed by atoms with E-state index in [0.29, 0.717) is 23.7 Å². The number of rotatable bonds is 7. The Morgan fingerprint density at radius 1 is 1.35 bits per heavy atom. The summed E-state index contributed by atoms with van der Waals surface area (Å²) in [6, 6.07) is 10.6. The molecule has 23 heavy (non-hydrogen) atoms. The number of nitrogens with one attached hydrogen (secondary N) is 1. The Balaban J connectivity index is 1.82. The first-order valence-electron chi connectivity index (χ1n) is 7.33. The van der Waals surface area contributed by atoms with Crippen LogP contribution in [0.25, 0.3) is 0 Å². The van der Waals surface area contributed by atoms with Gasteiger partial charge in [-0.05, 0) is 56.0 Å². The summed E-state index contributed by atoms with van der Waals surface area (Å²) in [5.41, 5.74) is -1.01. The Kier molecular flexibility index (Phi) is 6.04. The fourth-order valence-corrected chi connectivity index (χ4v) is 2.87. The minimum atomic E-state index is -1.01. The van der Waals surface area contributed by atoms with Gasteiger partial charge in [-0.25, -0.2) is 0 Å². The molecule has 0 aliphatic heterocycles. The van der Waals surface area contributed by atoms with E-state index in [4.69, 9.17) is 16.3 Å². The third kappa shape index (κ3) is 5.23. The van der Waals surface area contributed by atoms with E-state index in [1.807, 2.05) is 17.5 Å². The second-order valence-electron chi connectivity index (χ2n) is 5.64. The lowest BCUT2D eigenvalue weighted by Crippen LogP contribution is -2.47. The molecule has 4 nitrogen and oxygen atoms in total. The molecule has 1 heterocycles. The van der Waals surface area contributed by atoms with Crippen molar-refractivity contribution in [3.05, 3.63) is 51.7 Å². The third-order valence-electron chi connectivity index (χ3n) is 3.31. The number of halogens is 1. The Hall–Kier alpha value is -1.56. The molecular formula is C17H20ClNO3S. The normalized spacial score (nSPS) is 12.7. The number of thiophene rings is 1. The molecule has 1 aromatic carbocycles. The van der Waals surface area contributed by atoms with Crippen LogP contribution in [0.3, 0.4) is 0 Å². The van der Waals surface area contributed by atoms with E-state index in [2.05, 4.69) is 5.32 Å². The van der Waals surface area contributed by atoms with Crippen LogP contribution in [0.5, 0.6) is 5.75 Å². The molecule has 0 spiro atoms. The van der Waals surface area contributed by atoms with Gasteiger partial charge in [0, 0.05) is 16.4 Å². The Bertz CT molecular complexity index is 626. The highest BCUT2D eigenvalue weighted by molar-refractivity contribution is 7.10. The smallest absolute Gasteiger partial charge is 0.263 e. The lowest BCUT2D eigenvalue weighted by molar-refractivity contribution is -0.134. The molecule has 1 amide bonds.